The highest BCUT2D eigenvalue weighted by atomic mass is 16.6. The summed E-state index contributed by atoms with van der Waals surface area (Å²) in [5, 5.41) is 0. The molecule has 0 atom stereocenters. The van der Waals surface area contributed by atoms with Crippen LogP contribution in [0.4, 0.5) is 0 Å². The summed E-state index contributed by atoms with van der Waals surface area (Å²) in [5.74, 6) is 6.31. The van der Waals surface area contributed by atoms with Crippen LogP contribution in [0.3, 0.4) is 0 Å². The molecule has 1 aromatic rings. The molecule has 0 bridgehead atoms. The lowest BCUT2D eigenvalue weighted by Crippen LogP contribution is -2.33. The highest BCUT2D eigenvalue weighted by Crippen LogP contribution is 2.35. The first-order chi connectivity index (χ1) is 7.84. The molecule has 0 saturated carbocycles. The topological polar surface area (TPSA) is 44.5 Å². The Balaban J connectivity index is 2.34. The van der Waals surface area contributed by atoms with Crippen molar-refractivity contribution < 1.29 is 9.57 Å². The number of rotatable bonds is 2. The molecule has 0 saturated heterocycles. The molecule has 3 nitrogen and oxygen atoms in total. The van der Waals surface area contributed by atoms with Gasteiger partial charge in [0.05, 0.1) is 0 Å². The largest absolute Gasteiger partial charge is 0.488 e. The summed E-state index contributed by atoms with van der Waals surface area (Å²) in [6.45, 7) is 8.16. The van der Waals surface area contributed by atoms with Crippen molar-refractivity contribution in [2.75, 3.05) is 0 Å². The molecule has 2 rings (SSSR count). The van der Waals surface area contributed by atoms with Crippen LogP contribution in [0.15, 0.2) is 18.2 Å². The fraction of sp³-hybridized carbons (Fsp3) is 0.571. The van der Waals surface area contributed by atoms with Crippen molar-refractivity contribution in [1.29, 1.82) is 0 Å². The lowest BCUT2D eigenvalue weighted by molar-refractivity contribution is -0.0238. The molecule has 94 valence electrons. The zero-order valence-electron chi connectivity index (χ0n) is 11.0. The van der Waals surface area contributed by atoms with Gasteiger partial charge in [-0.15, -0.1) is 0 Å². The summed E-state index contributed by atoms with van der Waals surface area (Å²) in [7, 11) is 0. The van der Waals surface area contributed by atoms with E-state index in [2.05, 4.69) is 19.9 Å². The molecule has 0 unspecified atom stereocenters. The molecule has 0 spiro atoms. The van der Waals surface area contributed by atoms with E-state index in [-0.39, 0.29) is 5.60 Å². The maximum absolute atomic E-state index is 5.95. The van der Waals surface area contributed by atoms with E-state index in [1.54, 1.807) is 0 Å². The van der Waals surface area contributed by atoms with Gasteiger partial charge in [0.25, 0.3) is 0 Å². The number of benzene rings is 1. The molecule has 0 fully saturated rings. The lowest BCUT2D eigenvalue weighted by atomic mass is 9.90. The maximum atomic E-state index is 5.95. The van der Waals surface area contributed by atoms with Gasteiger partial charge in [-0.3, -0.25) is 4.84 Å². The van der Waals surface area contributed by atoms with E-state index in [4.69, 9.17) is 15.5 Å². The zero-order valence-corrected chi connectivity index (χ0v) is 11.0. The molecule has 2 N–H and O–H groups in total. The molecule has 1 aromatic carbocycles. The molecule has 0 radical (unpaired) electrons. The van der Waals surface area contributed by atoms with E-state index >= 15 is 0 Å². The van der Waals surface area contributed by atoms with Gasteiger partial charge >= 0.3 is 0 Å². The first-order valence-electron chi connectivity index (χ1n) is 6.04. The number of fused-ring (bicyclic) bond motifs is 1. The van der Waals surface area contributed by atoms with Gasteiger partial charge in [-0.2, -0.15) is 0 Å². The SMILES string of the molecule is CC1(C)CCc2cc(C(C)(C)ON)ccc2O1. The molecular formula is C14H21NO2. The molecule has 1 aliphatic heterocycles. The second-order valence-corrected chi connectivity index (χ2v) is 5.81. The van der Waals surface area contributed by atoms with E-state index in [0.29, 0.717) is 0 Å². The molecule has 1 heterocycles. The van der Waals surface area contributed by atoms with Crippen LogP contribution in [-0.2, 0) is 16.9 Å². The second-order valence-electron chi connectivity index (χ2n) is 5.81. The number of ether oxygens (including phenoxy) is 1. The van der Waals surface area contributed by atoms with Crippen molar-refractivity contribution in [3.63, 3.8) is 0 Å². The molecule has 3 heteroatoms. The monoisotopic (exact) mass is 235 g/mol. The number of nitrogens with two attached hydrogens (primary N) is 1. The predicted octanol–water partition coefficient (Wildman–Crippen LogP) is 2.92. The summed E-state index contributed by atoms with van der Waals surface area (Å²) in [6, 6.07) is 6.18. The maximum Gasteiger partial charge on any atom is 0.123 e. The van der Waals surface area contributed by atoms with Gasteiger partial charge in [0, 0.05) is 0 Å². The van der Waals surface area contributed by atoms with Crippen LogP contribution in [0, 0.1) is 0 Å². The highest BCUT2D eigenvalue weighted by molar-refractivity contribution is 5.41. The minimum atomic E-state index is -0.456. The van der Waals surface area contributed by atoms with Crippen molar-refractivity contribution in [1.82, 2.24) is 0 Å². The number of hydrogen-bond donors (Lipinski definition) is 1. The highest BCUT2D eigenvalue weighted by Gasteiger charge is 2.28. The summed E-state index contributed by atoms with van der Waals surface area (Å²) >= 11 is 0. The Morgan fingerprint density at radius 2 is 2.06 bits per heavy atom. The Morgan fingerprint density at radius 1 is 1.35 bits per heavy atom. The standard InChI is InChI=1S/C14H21NO2/c1-13(2)8-7-10-9-11(14(3,4)17-15)5-6-12(10)16-13/h5-6,9H,7-8,15H2,1-4H3. The Labute approximate surface area is 103 Å². The van der Waals surface area contributed by atoms with Gasteiger partial charge in [-0.25, -0.2) is 5.90 Å². The zero-order chi connectivity index (χ0) is 12.7. The van der Waals surface area contributed by atoms with Crippen molar-refractivity contribution >= 4 is 0 Å². The smallest absolute Gasteiger partial charge is 0.123 e. The lowest BCUT2D eigenvalue weighted by Gasteiger charge is -2.33. The molecule has 17 heavy (non-hydrogen) atoms. The van der Waals surface area contributed by atoms with Gasteiger partial charge in [-0.05, 0) is 63.8 Å². The molecule has 0 amide bonds. The van der Waals surface area contributed by atoms with Crippen LogP contribution in [0.2, 0.25) is 0 Å². The van der Waals surface area contributed by atoms with Gasteiger partial charge in [0.1, 0.15) is 17.0 Å². The molecule has 0 aliphatic carbocycles. The van der Waals surface area contributed by atoms with Crippen LogP contribution in [0.1, 0.15) is 45.2 Å². The van der Waals surface area contributed by atoms with E-state index in [0.717, 1.165) is 24.2 Å². The van der Waals surface area contributed by atoms with Crippen LogP contribution < -0.4 is 10.6 Å². The Hall–Kier alpha value is -1.06. The fourth-order valence-electron chi connectivity index (χ4n) is 2.10. The van der Waals surface area contributed by atoms with Crippen LogP contribution in [-0.4, -0.2) is 5.60 Å². The van der Waals surface area contributed by atoms with Crippen LogP contribution in [0.25, 0.3) is 0 Å². The van der Waals surface area contributed by atoms with Gasteiger partial charge < -0.3 is 4.74 Å². The van der Waals surface area contributed by atoms with E-state index in [1.165, 1.54) is 5.56 Å². The van der Waals surface area contributed by atoms with Crippen molar-refractivity contribution in [2.24, 2.45) is 5.90 Å². The van der Waals surface area contributed by atoms with Gasteiger partial charge in [-0.1, -0.05) is 6.07 Å². The van der Waals surface area contributed by atoms with Gasteiger partial charge in [0.2, 0.25) is 0 Å². The number of aryl methyl sites for hydroxylation is 1. The summed E-state index contributed by atoms with van der Waals surface area (Å²) in [6.07, 6.45) is 2.07. The average Bonchev–Trinajstić information content (AvgIpc) is 2.27. The first-order valence-corrected chi connectivity index (χ1v) is 6.04. The van der Waals surface area contributed by atoms with E-state index < -0.39 is 5.60 Å². The molecule has 1 aliphatic rings. The third kappa shape index (κ3) is 2.45. The van der Waals surface area contributed by atoms with E-state index in [1.807, 2.05) is 26.0 Å². The predicted molar refractivity (Wildman–Crippen MR) is 67.8 cm³/mol. The van der Waals surface area contributed by atoms with Crippen LogP contribution >= 0.6 is 0 Å². The van der Waals surface area contributed by atoms with Crippen molar-refractivity contribution in [3.8, 4) is 5.75 Å². The Morgan fingerprint density at radius 3 is 2.71 bits per heavy atom. The average molecular weight is 235 g/mol. The second kappa shape index (κ2) is 4.00. The van der Waals surface area contributed by atoms with Crippen molar-refractivity contribution in [2.45, 2.75) is 51.7 Å². The number of hydrogen-bond acceptors (Lipinski definition) is 3. The normalized spacial score (nSPS) is 18.4. The van der Waals surface area contributed by atoms with E-state index in [9.17, 15) is 0 Å². The van der Waals surface area contributed by atoms with Gasteiger partial charge in [0.15, 0.2) is 0 Å². The summed E-state index contributed by atoms with van der Waals surface area (Å²) in [5.41, 5.74) is 1.81. The molecule has 0 aromatic heterocycles. The fourth-order valence-corrected chi connectivity index (χ4v) is 2.10. The Bertz CT molecular complexity index is 424. The summed E-state index contributed by atoms with van der Waals surface area (Å²) < 4.78 is 5.95. The molecular weight excluding hydrogens is 214 g/mol. The quantitative estimate of drug-likeness (QED) is 0.802. The third-order valence-electron chi connectivity index (χ3n) is 3.43. The first kappa shape index (κ1) is 12.4. The minimum absolute atomic E-state index is 0.0611. The Kier molecular flexibility index (Phi) is 2.92. The minimum Gasteiger partial charge on any atom is -0.488 e. The van der Waals surface area contributed by atoms with Crippen molar-refractivity contribution in [3.05, 3.63) is 29.3 Å². The van der Waals surface area contributed by atoms with Crippen LogP contribution in [0.5, 0.6) is 5.75 Å². The summed E-state index contributed by atoms with van der Waals surface area (Å²) in [4.78, 5) is 5.01. The third-order valence-corrected chi connectivity index (χ3v) is 3.43.